The number of ketones is 1. The second-order valence-corrected chi connectivity index (χ2v) is 8.88. The second-order valence-electron chi connectivity index (χ2n) is 8.88. The molecule has 9 heteroatoms. The number of aryl methyl sites for hydroxylation is 2. The highest BCUT2D eigenvalue weighted by Crippen LogP contribution is 2.40. The molecule has 2 N–H and O–H groups in total. The van der Waals surface area contributed by atoms with E-state index in [2.05, 4.69) is 4.98 Å². The Hall–Kier alpha value is -3.43. The predicted octanol–water partition coefficient (Wildman–Crippen LogP) is 1.27. The van der Waals surface area contributed by atoms with E-state index in [9.17, 15) is 14.7 Å². The normalized spacial score (nSPS) is 21.1. The lowest BCUT2D eigenvalue weighted by Crippen LogP contribution is -3.14. The number of hydrogen-bond acceptors (Lipinski definition) is 6. The zero-order valence-electron chi connectivity index (χ0n) is 19.4. The first-order chi connectivity index (χ1) is 16.5. The number of nitrogens with zero attached hydrogens (tertiary/aromatic N) is 3. The fraction of sp³-hybridized carbons (Fsp3) is 0.400. The molecule has 2 aliphatic rings. The van der Waals surface area contributed by atoms with Crippen LogP contribution in [-0.4, -0.2) is 70.5 Å². The standard InChI is InChI=1S/C25H28N4O5/c1-16-7-8-18(34-16)22-20(23(30)21-17(2)26-19-6-3-4-10-28(19)21)24(31)25(32)29(22)11-5-9-27-12-14-33-15-13-27/h3-4,6-8,10,22,30H,5,9,11-15H2,1-2H3/p+1/b23-20-/t22-/m0/s1. The Bertz CT molecular complexity index is 1270. The highest BCUT2D eigenvalue weighted by Gasteiger charge is 2.48. The number of aromatic nitrogens is 2. The van der Waals surface area contributed by atoms with Gasteiger partial charge in [0.2, 0.25) is 0 Å². The number of carbonyl (C=O) groups is 2. The minimum absolute atomic E-state index is 0.0341. The molecule has 0 aliphatic carbocycles. The first kappa shape index (κ1) is 22.4. The summed E-state index contributed by atoms with van der Waals surface area (Å²) in [6.45, 7) is 8.21. The molecule has 5 heterocycles. The summed E-state index contributed by atoms with van der Waals surface area (Å²) < 4.78 is 13.0. The van der Waals surface area contributed by atoms with Crippen LogP contribution in [0.3, 0.4) is 0 Å². The molecule has 0 unspecified atom stereocenters. The molecule has 0 radical (unpaired) electrons. The molecule has 1 amide bonds. The van der Waals surface area contributed by atoms with E-state index in [1.807, 2.05) is 25.1 Å². The largest absolute Gasteiger partial charge is 0.505 e. The van der Waals surface area contributed by atoms with Gasteiger partial charge in [0.25, 0.3) is 11.7 Å². The van der Waals surface area contributed by atoms with Gasteiger partial charge < -0.3 is 24.1 Å². The van der Waals surface area contributed by atoms with Crippen molar-refractivity contribution < 1.29 is 28.7 Å². The van der Waals surface area contributed by atoms with Crippen molar-refractivity contribution in [1.29, 1.82) is 0 Å². The lowest BCUT2D eigenvalue weighted by molar-refractivity contribution is -0.908. The summed E-state index contributed by atoms with van der Waals surface area (Å²) in [6.07, 6.45) is 2.50. The molecule has 0 saturated carbocycles. The maximum absolute atomic E-state index is 13.3. The molecule has 2 fully saturated rings. The molecule has 2 saturated heterocycles. The van der Waals surface area contributed by atoms with Gasteiger partial charge >= 0.3 is 0 Å². The fourth-order valence-corrected chi connectivity index (χ4v) is 4.94. The minimum atomic E-state index is -0.790. The summed E-state index contributed by atoms with van der Waals surface area (Å²) in [4.78, 5) is 33.9. The van der Waals surface area contributed by atoms with Gasteiger partial charge in [0.05, 0.1) is 31.0 Å². The van der Waals surface area contributed by atoms with Crippen molar-refractivity contribution in [1.82, 2.24) is 14.3 Å². The number of furan rings is 1. The van der Waals surface area contributed by atoms with Gasteiger partial charge in [-0.05, 0) is 38.1 Å². The number of morpholine rings is 1. The summed E-state index contributed by atoms with van der Waals surface area (Å²) in [5, 5.41) is 11.4. The van der Waals surface area contributed by atoms with Crippen molar-refractivity contribution in [2.75, 3.05) is 39.4 Å². The molecule has 5 rings (SSSR count). The zero-order chi connectivity index (χ0) is 23.8. The number of nitrogens with one attached hydrogen (secondary N) is 1. The van der Waals surface area contributed by atoms with E-state index in [0.717, 1.165) is 39.3 Å². The summed E-state index contributed by atoms with van der Waals surface area (Å²) in [7, 11) is 0. The van der Waals surface area contributed by atoms with E-state index >= 15 is 0 Å². The average Bonchev–Trinajstić information content (AvgIpc) is 3.48. The van der Waals surface area contributed by atoms with Crippen LogP contribution in [0, 0.1) is 13.8 Å². The molecule has 0 bridgehead atoms. The number of ether oxygens (including phenoxy) is 1. The summed E-state index contributed by atoms with van der Waals surface area (Å²) in [5.74, 6) is -0.438. The van der Waals surface area contributed by atoms with Gasteiger partial charge in [-0.15, -0.1) is 0 Å². The first-order valence-electron chi connectivity index (χ1n) is 11.7. The van der Waals surface area contributed by atoms with Crippen LogP contribution in [0.15, 0.2) is 46.5 Å². The fourth-order valence-electron chi connectivity index (χ4n) is 4.94. The van der Waals surface area contributed by atoms with Crippen LogP contribution in [0.4, 0.5) is 0 Å². The molecule has 34 heavy (non-hydrogen) atoms. The Kier molecular flexibility index (Phi) is 5.97. The predicted molar refractivity (Wildman–Crippen MR) is 123 cm³/mol. The Balaban J connectivity index is 1.53. The average molecular weight is 466 g/mol. The molecular weight excluding hydrogens is 436 g/mol. The molecule has 9 nitrogen and oxygen atoms in total. The number of likely N-dealkylation sites (tertiary alicyclic amines) is 1. The molecule has 3 aromatic rings. The van der Waals surface area contributed by atoms with Crippen LogP contribution in [-0.2, 0) is 14.3 Å². The van der Waals surface area contributed by atoms with Crippen molar-refractivity contribution in [3.8, 4) is 0 Å². The van der Waals surface area contributed by atoms with E-state index < -0.39 is 17.7 Å². The summed E-state index contributed by atoms with van der Waals surface area (Å²) in [6, 6.07) is 8.27. The smallest absolute Gasteiger partial charge is 0.295 e. The van der Waals surface area contributed by atoms with E-state index in [1.54, 1.807) is 29.7 Å². The van der Waals surface area contributed by atoms with Crippen LogP contribution in [0.1, 0.15) is 35.4 Å². The number of aliphatic hydroxyl groups excluding tert-OH is 1. The van der Waals surface area contributed by atoms with Gasteiger partial charge in [0, 0.05) is 19.2 Å². The number of quaternary nitrogens is 1. The van der Waals surface area contributed by atoms with Gasteiger partial charge in [0.1, 0.15) is 42.0 Å². The van der Waals surface area contributed by atoms with Crippen molar-refractivity contribution >= 4 is 23.1 Å². The maximum atomic E-state index is 13.3. The monoisotopic (exact) mass is 465 g/mol. The third kappa shape index (κ3) is 3.91. The first-order valence-corrected chi connectivity index (χ1v) is 11.7. The number of amides is 1. The van der Waals surface area contributed by atoms with Gasteiger partial charge in [-0.1, -0.05) is 6.07 Å². The van der Waals surface area contributed by atoms with Crippen molar-refractivity contribution in [3.05, 3.63) is 65.0 Å². The number of Topliss-reactive ketones (excluding diaryl/α,β-unsaturated/α-hetero) is 1. The molecule has 0 spiro atoms. The minimum Gasteiger partial charge on any atom is -0.505 e. The quantitative estimate of drug-likeness (QED) is 0.323. The second kappa shape index (κ2) is 9.08. The van der Waals surface area contributed by atoms with Crippen molar-refractivity contribution in [2.45, 2.75) is 26.3 Å². The lowest BCUT2D eigenvalue weighted by atomic mass is 10.0. The maximum Gasteiger partial charge on any atom is 0.295 e. The Labute approximate surface area is 197 Å². The number of rotatable bonds is 6. The third-order valence-electron chi connectivity index (χ3n) is 6.63. The molecule has 178 valence electrons. The van der Waals surface area contributed by atoms with Gasteiger partial charge in [-0.3, -0.25) is 14.0 Å². The lowest BCUT2D eigenvalue weighted by Gasteiger charge is -2.26. The van der Waals surface area contributed by atoms with Crippen LogP contribution in [0.5, 0.6) is 0 Å². The highest BCUT2D eigenvalue weighted by atomic mass is 16.5. The number of imidazole rings is 1. The molecule has 1 atom stereocenters. The number of carbonyl (C=O) groups excluding carboxylic acids is 2. The topological polar surface area (TPSA) is 102 Å². The SMILES string of the molecule is Cc1ccc([C@H]2/C(=C(/O)c3c(C)nc4ccccn34)C(=O)C(=O)N2CCC[NH+]2CCOCC2)o1. The van der Waals surface area contributed by atoms with Gasteiger partial charge in [0.15, 0.2) is 5.76 Å². The molecule has 3 aromatic heterocycles. The highest BCUT2D eigenvalue weighted by molar-refractivity contribution is 6.46. The molecular formula is C25H29N4O5+. The van der Waals surface area contributed by atoms with Gasteiger partial charge in [-0.2, -0.15) is 0 Å². The number of pyridine rings is 1. The molecule has 0 aromatic carbocycles. The van der Waals surface area contributed by atoms with Crippen LogP contribution >= 0.6 is 0 Å². The number of hydrogen-bond donors (Lipinski definition) is 2. The molecule has 2 aliphatic heterocycles. The number of aliphatic hydroxyl groups is 1. The van der Waals surface area contributed by atoms with E-state index in [0.29, 0.717) is 35.1 Å². The van der Waals surface area contributed by atoms with Crippen molar-refractivity contribution in [2.24, 2.45) is 0 Å². The Morgan fingerprint density at radius 2 is 1.97 bits per heavy atom. The van der Waals surface area contributed by atoms with Crippen LogP contribution in [0.2, 0.25) is 0 Å². The van der Waals surface area contributed by atoms with E-state index in [1.165, 1.54) is 9.80 Å². The van der Waals surface area contributed by atoms with E-state index in [4.69, 9.17) is 9.15 Å². The third-order valence-corrected chi connectivity index (χ3v) is 6.63. The Morgan fingerprint density at radius 1 is 1.18 bits per heavy atom. The van der Waals surface area contributed by atoms with Crippen LogP contribution < -0.4 is 4.90 Å². The van der Waals surface area contributed by atoms with E-state index in [-0.39, 0.29) is 11.3 Å². The summed E-state index contributed by atoms with van der Waals surface area (Å²) in [5.41, 5.74) is 1.65. The number of fused-ring (bicyclic) bond motifs is 1. The zero-order valence-corrected chi connectivity index (χ0v) is 19.4. The van der Waals surface area contributed by atoms with Crippen LogP contribution in [0.25, 0.3) is 11.4 Å². The van der Waals surface area contributed by atoms with Crippen molar-refractivity contribution in [3.63, 3.8) is 0 Å². The van der Waals surface area contributed by atoms with Gasteiger partial charge in [-0.25, -0.2) is 4.98 Å². The summed E-state index contributed by atoms with van der Waals surface area (Å²) >= 11 is 0. The Morgan fingerprint density at radius 3 is 2.71 bits per heavy atom.